The molecule has 1 aromatic heterocycles. The maximum absolute atomic E-state index is 13.6. The first-order valence-corrected chi connectivity index (χ1v) is 10.5. The zero-order valence-corrected chi connectivity index (χ0v) is 17.4. The zero-order chi connectivity index (χ0) is 20.4. The van der Waals surface area contributed by atoms with E-state index in [1.165, 1.54) is 13.5 Å². The minimum Gasteiger partial charge on any atom is -0.497 e. The molecule has 1 amide bonds. The molecule has 1 aromatic carbocycles. The van der Waals surface area contributed by atoms with E-state index in [0.717, 1.165) is 31.1 Å². The number of anilines is 1. The van der Waals surface area contributed by atoms with Crippen molar-refractivity contribution in [1.82, 2.24) is 4.98 Å². The Morgan fingerprint density at radius 1 is 1.17 bits per heavy atom. The third-order valence-corrected chi connectivity index (χ3v) is 7.55. The lowest BCUT2D eigenvalue weighted by molar-refractivity contribution is -0.138. The smallest absolute Gasteiger partial charge is 0.356 e. The molecule has 4 fully saturated rings. The summed E-state index contributed by atoms with van der Waals surface area (Å²) in [6.45, 7) is 0. The molecule has 4 bridgehead atoms. The van der Waals surface area contributed by atoms with E-state index >= 15 is 0 Å². The molecule has 7 heteroatoms. The van der Waals surface area contributed by atoms with Gasteiger partial charge in [-0.15, -0.1) is 11.6 Å². The van der Waals surface area contributed by atoms with Crippen LogP contribution in [0.3, 0.4) is 0 Å². The number of fused-ring (bicyclic) bond motifs is 1. The van der Waals surface area contributed by atoms with Gasteiger partial charge in [0.2, 0.25) is 5.91 Å². The van der Waals surface area contributed by atoms with E-state index in [9.17, 15) is 9.59 Å². The fourth-order valence-corrected chi connectivity index (χ4v) is 7.04. The normalized spacial score (nSPS) is 32.4. The summed E-state index contributed by atoms with van der Waals surface area (Å²) in [6, 6.07) is 5.46. The Bertz CT molecular complexity index is 1000. The Morgan fingerprint density at radius 3 is 2.52 bits per heavy atom. The lowest BCUT2D eigenvalue weighted by Crippen LogP contribution is -2.57. The molecular formula is C22H25ClN2O4. The number of amides is 1. The predicted octanol–water partition coefficient (Wildman–Crippen LogP) is 4.48. The molecule has 2 N–H and O–H groups in total. The number of benzene rings is 1. The van der Waals surface area contributed by atoms with Crippen LogP contribution < -0.4 is 10.1 Å². The Balaban J connectivity index is 1.53. The van der Waals surface area contributed by atoms with Crippen molar-refractivity contribution in [2.24, 2.45) is 17.3 Å². The van der Waals surface area contributed by atoms with Gasteiger partial charge in [0.05, 0.1) is 30.8 Å². The van der Waals surface area contributed by atoms with E-state index in [2.05, 4.69) is 10.3 Å². The Kier molecular flexibility index (Phi) is 4.14. The Morgan fingerprint density at radius 2 is 1.90 bits per heavy atom. The minimum absolute atomic E-state index is 0.0292. The Hall–Kier alpha value is -2.21. The largest absolute Gasteiger partial charge is 0.497 e. The molecule has 0 radical (unpaired) electrons. The molecule has 2 atom stereocenters. The highest BCUT2D eigenvalue weighted by Crippen LogP contribution is 2.64. The molecule has 6 rings (SSSR count). The molecule has 0 spiro atoms. The topological polar surface area (TPSA) is 80.4 Å². The molecular weight excluding hydrogens is 392 g/mol. The second-order valence-electron chi connectivity index (χ2n) is 9.12. The van der Waals surface area contributed by atoms with E-state index in [1.54, 1.807) is 13.2 Å². The number of rotatable bonds is 4. The van der Waals surface area contributed by atoms with E-state index in [-0.39, 0.29) is 16.5 Å². The summed E-state index contributed by atoms with van der Waals surface area (Å²) in [6.07, 6.45) is 5.69. The van der Waals surface area contributed by atoms with Crippen LogP contribution in [0, 0.1) is 17.3 Å². The van der Waals surface area contributed by atoms with Gasteiger partial charge < -0.3 is 19.8 Å². The number of carbonyl (C=O) groups excluding carboxylic acids is 2. The number of methoxy groups -OCH3 is 2. The highest BCUT2D eigenvalue weighted by atomic mass is 35.5. The summed E-state index contributed by atoms with van der Waals surface area (Å²) >= 11 is 6.90. The number of hydrogen-bond donors (Lipinski definition) is 2. The summed E-state index contributed by atoms with van der Waals surface area (Å²) in [4.78, 5) is 28.8. The monoisotopic (exact) mass is 416 g/mol. The van der Waals surface area contributed by atoms with Crippen LogP contribution in [0.5, 0.6) is 5.75 Å². The number of nitrogens with one attached hydrogen (secondary N) is 2. The molecule has 0 aliphatic heterocycles. The zero-order valence-electron chi connectivity index (χ0n) is 16.6. The Labute approximate surface area is 174 Å². The SMILES string of the molecule is COC(=O)c1[nH]c2cc(OC)ccc2c1NC(=O)C12C[C@H]3C[C@@H](CC(Cl)(C3)C1)C2. The second kappa shape index (κ2) is 6.39. The average molecular weight is 417 g/mol. The van der Waals surface area contributed by atoms with Gasteiger partial charge in [0.1, 0.15) is 11.4 Å². The number of hydrogen-bond acceptors (Lipinski definition) is 4. The number of ether oxygens (including phenoxy) is 2. The van der Waals surface area contributed by atoms with E-state index < -0.39 is 11.4 Å². The number of carbonyl (C=O) groups is 2. The number of H-pyrrole nitrogens is 1. The molecule has 4 aliphatic rings. The van der Waals surface area contributed by atoms with Gasteiger partial charge in [0.25, 0.3) is 0 Å². The quantitative estimate of drug-likeness (QED) is 0.568. The molecule has 4 saturated carbocycles. The highest BCUT2D eigenvalue weighted by molar-refractivity contribution is 6.24. The molecule has 4 aliphatic carbocycles. The van der Waals surface area contributed by atoms with E-state index in [4.69, 9.17) is 21.1 Å². The lowest BCUT2D eigenvalue weighted by atomic mass is 9.49. The van der Waals surface area contributed by atoms with E-state index in [1.807, 2.05) is 12.1 Å². The van der Waals surface area contributed by atoms with Crippen molar-refractivity contribution in [3.05, 3.63) is 23.9 Å². The predicted molar refractivity (Wildman–Crippen MR) is 111 cm³/mol. The van der Waals surface area contributed by atoms with Crippen LogP contribution >= 0.6 is 11.6 Å². The number of halogens is 1. The van der Waals surface area contributed by atoms with Crippen LogP contribution in [0.25, 0.3) is 10.9 Å². The number of esters is 1. The van der Waals surface area contributed by atoms with Crippen LogP contribution in [0.1, 0.15) is 49.0 Å². The van der Waals surface area contributed by atoms with Crippen LogP contribution in [0.2, 0.25) is 0 Å². The van der Waals surface area contributed by atoms with Crippen molar-refractivity contribution in [3.8, 4) is 5.75 Å². The van der Waals surface area contributed by atoms with Crippen LogP contribution in [-0.2, 0) is 9.53 Å². The van der Waals surface area contributed by atoms with Crippen LogP contribution in [0.15, 0.2) is 18.2 Å². The van der Waals surface area contributed by atoms with Gasteiger partial charge in [-0.3, -0.25) is 4.79 Å². The molecule has 0 saturated heterocycles. The molecule has 1 heterocycles. The highest BCUT2D eigenvalue weighted by Gasteiger charge is 2.60. The summed E-state index contributed by atoms with van der Waals surface area (Å²) < 4.78 is 10.2. The molecule has 6 nitrogen and oxygen atoms in total. The third-order valence-electron chi connectivity index (χ3n) is 7.11. The van der Waals surface area contributed by atoms with Gasteiger partial charge >= 0.3 is 5.97 Å². The first-order chi connectivity index (χ1) is 13.8. The fourth-order valence-electron chi connectivity index (χ4n) is 6.35. The molecule has 2 aromatic rings. The number of aromatic amines is 1. The first-order valence-electron chi connectivity index (χ1n) is 10.1. The average Bonchev–Trinajstić information content (AvgIpc) is 3.03. The summed E-state index contributed by atoms with van der Waals surface area (Å²) in [5.41, 5.74) is 0.975. The maximum Gasteiger partial charge on any atom is 0.356 e. The lowest BCUT2D eigenvalue weighted by Gasteiger charge is -2.59. The molecule has 154 valence electrons. The van der Waals surface area contributed by atoms with Gasteiger partial charge in [-0.05, 0) is 62.5 Å². The van der Waals surface area contributed by atoms with Crippen LogP contribution in [0.4, 0.5) is 5.69 Å². The van der Waals surface area contributed by atoms with Crippen LogP contribution in [-0.4, -0.2) is 36.0 Å². The maximum atomic E-state index is 13.6. The minimum atomic E-state index is -0.519. The number of aromatic nitrogens is 1. The first kappa shape index (κ1) is 18.8. The van der Waals surface area contributed by atoms with Crippen molar-refractivity contribution in [2.75, 3.05) is 19.5 Å². The summed E-state index contributed by atoms with van der Waals surface area (Å²) in [5, 5.41) is 3.84. The third kappa shape index (κ3) is 2.91. The van der Waals surface area contributed by atoms with Crippen molar-refractivity contribution in [2.45, 2.75) is 43.4 Å². The van der Waals surface area contributed by atoms with Gasteiger partial charge in [-0.25, -0.2) is 4.79 Å². The molecule has 29 heavy (non-hydrogen) atoms. The van der Waals surface area contributed by atoms with Crippen molar-refractivity contribution in [3.63, 3.8) is 0 Å². The second-order valence-corrected chi connectivity index (χ2v) is 9.93. The van der Waals surface area contributed by atoms with Gasteiger partial charge in [-0.2, -0.15) is 0 Å². The van der Waals surface area contributed by atoms with Gasteiger partial charge in [0, 0.05) is 16.3 Å². The number of alkyl halides is 1. The fraction of sp³-hybridized carbons (Fsp3) is 0.545. The van der Waals surface area contributed by atoms with E-state index in [0.29, 0.717) is 35.2 Å². The van der Waals surface area contributed by atoms with Crippen molar-refractivity contribution < 1.29 is 19.1 Å². The summed E-state index contributed by atoms with van der Waals surface area (Å²) in [7, 11) is 2.92. The standard InChI is InChI=1S/C22H25ClN2O4/c1-28-14-3-4-15-16(6-14)24-18(19(26)29-2)17(15)25-20(27)21-7-12-5-13(8-21)10-22(23,9-12)11-21/h3-4,6,12-13,24H,5,7-11H2,1-2H3,(H,25,27)/t12-,13-,21?,22?/m1/s1. The van der Waals surface area contributed by atoms with Gasteiger partial charge in [-0.1, -0.05) is 0 Å². The van der Waals surface area contributed by atoms with Gasteiger partial charge in [0.15, 0.2) is 0 Å². The van der Waals surface area contributed by atoms with Crippen molar-refractivity contribution >= 4 is 40.1 Å². The molecule has 0 unspecified atom stereocenters. The van der Waals surface area contributed by atoms with Crippen molar-refractivity contribution in [1.29, 1.82) is 0 Å². The summed E-state index contributed by atoms with van der Waals surface area (Å²) in [5.74, 6) is 1.16.